The van der Waals surface area contributed by atoms with Crippen LogP contribution in [0, 0.1) is 5.92 Å². The number of thioether (sulfide) groups is 1. The van der Waals surface area contributed by atoms with Crippen molar-refractivity contribution in [1.29, 1.82) is 0 Å². The molecule has 2 unspecified atom stereocenters. The van der Waals surface area contributed by atoms with Crippen LogP contribution in [0.15, 0.2) is 41.8 Å². The van der Waals surface area contributed by atoms with E-state index in [4.69, 9.17) is 0 Å². The van der Waals surface area contributed by atoms with Gasteiger partial charge in [0.15, 0.2) is 0 Å². The maximum atomic E-state index is 3.79. The molecule has 1 aliphatic rings. The Hall–Kier alpha value is -0.890. The predicted octanol–water partition coefficient (Wildman–Crippen LogP) is 4.96. The van der Waals surface area contributed by atoms with E-state index in [2.05, 4.69) is 43.1 Å². The summed E-state index contributed by atoms with van der Waals surface area (Å²) in [5, 5.41) is 3.73. The molecule has 1 aromatic carbocycles. The van der Waals surface area contributed by atoms with E-state index in [1.165, 1.54) is 36.3 Å². The van der Waals surface area contributed by atoms with Crippen molar-refractivity contribution in [3.05, 3.63) is 36.9 Å². The lowest BCUT2D eigenvalue weighted by Crippen LogP contribution is -2.16. The normalized spacial score (nSPS) is 22.9. The third-order valence-corrected chi connectivity index (χ3v) is 4.79. The summed E-state index contributed by atoms with van der Waals surface area (Å²) in [5.74, 6) is 1.90. The molecule has 1 nitrogen and oxygen atoms in total. The minimum absolute atomic E-state index is 0.667. The number of hydrogen-bond acceptors (Lipinski definition) is 2. The fraction of sp³-hybridized carbons (Fsp3) is 0.500. The van der Waals surface area contributed by atoms with Gasteiger partial charge in [0.25, 0.3) is 0 Å². The van der Waals surface area contributed by atoms with E-state index in [9.17, 15) is 0 Å². The third-order valence-electron chi connectivity index (χ3n) is 3.72. The molecule has 1 fully saturated rings. The first-order valence-corrected chi connectivity index (χ1v) is 7.91. The summed E-state index contributed by atoms with van der Waals surface area (Å²) in [6.07, 6.45) is 7.32. The Labute approximate surface area is 115 Å². The van der Waals surface area contributed by atoms with Gasteiger partial charge in [-0.15, -0.1) is 18.3 Å². The predicted molar refractivity (Wildman–Crippen MR) is 82.4 cm³/mol. The van der Waals surface area contributed by atoms with Crippen LogP contribution in [0.5, 0.6) is 0 Å². The topological polar surface area (TPSA) is 12.0 Å². The van der Waals surface area contributed by atoms with Gasteiger partial charge in [-0.3, -0.25) is 0 Å². The van der Waals surface area contributed by atoms with Crippen molar-refractivity contribution in [3.8, 4) is 0 Å². The number of benzene rings is 1. The Bertz CT molecular complexity index is 388. The van der Waals surface area contributed by atoms with E-state index in [1.54, 1.807) is 0 Å². The van der Waals surface area contributed by atoms with Gasteiger partial charge in [-0.25, -0.2) is 0 Å². The van der Waals surface area contributed by atoms with Crippen LogP contribution in [-0.2, 0) is 0 Å². The average Bonchev–Trinajstić information content (AvgIpc) is 2.85. The summed E-state index contributed by atoms with van der Waals surface area (Å²) in [4.78, 5) is 1.34. The molecular formula is C16H23NS. The van der Waals surface area contributed by atoms with Gasteiger partial charge in [-0.1, -0.05) is 31.6 Å². The first-order valence-electron chi connectivity index (χ1n) is 6.92. The zero-order chi connectivity index (χ0) is 12.8. The molecule has 2 rings (SSSR count). The highest BCUT2D eigenvalue weighted by molar-refractivity contribution is 7.99. The Morgan fingerprint density at radius 1 is 1.39 bits per heavy atom. The summed E-state index contributed by atoms with van der Waals surface area (Å²) in [6.45, 7) is 6.09. The van der Waals surface area contributed by atoms with Gasteiger partial charge >= 0.3 is 0 Å². The molecule has 1 N–H and O–H groups in total. The number of hydrogen-bond donors (Lipinski definition) is 1. The summed E-state index contributed by atoms with van der Waals surface area (Å²) in [5.41, 5.74) is 1.30. The van der Waals surface area contributed by atoms with Crippen LogP contribution >= 0.6 is 11.8 Å². The van der Waals surface area contributed by atoms with Crippen LogP contribution in [0.1, 0.15) is 32.6 Å². The molecule has 0 amide bonds. The van der Waals surface area contributed by atoms with E-state index < -0.39 is 0 Å². The molecule has 0 spiro atoms. The fourth-order valence-corrected chi connectivity index (χ4v) is 3.41. The summed E-state index contributed by atoms with van der Waals surface area (Å²) >= 11 is 1.86. The summed E-state index contributed by atoms with van der Waals surface area (Å²) in [6, 6.07) is 9.29. The van der Waals surface area contributed by atoms with Crippen LogP contribution in [0.2, 0.25) is 0 Å². The van der Waals surface area contributed by atoms with Crippen molar-refractivity contribution in [3.63, 3.8) is 0 Å². The van der Waals surface area contributed by atoms with Gasteiger partial charge < -0.3 is 5.32 Å². The second-order valence-corrected chi connectivity index (χ2v) is 6.09. The molecular weight excluding hydrogens is 238 g/mol. The van der Waals surface area contributed by atoms with Crippen LogP contribution in [-0.4, -0.2) is 11.8 Å². The molecule has 2 heteroatoms. The van der Waals surface area contributed by atoms with Gasteiger partial charge in [-0.2, -0.15) is 0 Å². The first kappa shape index (κ1) is 13.5. The molecule has 0 radical (unpaired) electrons. The number of nitrogens with one attached hydrogen (secondary N) is 1. The molecule has 0 saturated heterocycles. The molecule has 1 aromatic rings. The van der Waals surface area contributed by atoms with Gasteiger partial charge in [0, 0.05) is 22.4 Å². The van der Waals surface area contributed by atoms with Gasteiger partial charge in [0.2, 0.25) is 0 Å². The van der Waals surface area contributed by atoms with E-state index in [0.29, 0.717) is 6.04 Å². The highest BCUT2D eigenvalue weighted by Crippen LogP contribution is 2.33. The molecule has 0 aliphatic heterocycles. The smallest absolute Gasteiger partial charge is 0.0480 e. The number of para-hydroxylation sites is 1. The third kappa shape index (κ3) is 3.55. The fourth-order valence-electron chi connectivity index (χ4n) is 2.66. The molecule has 98 valence electrons. The highest BCUT2D eigenvalue weighted by Gasteiger charge is 2.23. The van der Waals surface area contributed by atoms with Crippen molar-refractivity contribution < 1.29 is 0 Å². The largest absolute Gasteiger partial charge is 0.381 e. The maximum Gasteiger partial charge on any atom is 0.0480 e. The standard InChI is InChI=1S/C16H23NS/c1-3-11-18-16-8-6-5-7-15(16)17-14-10-9-13(4-2)12-14/h3,5-8,13-14,17H,1,4,9-12H2,2H3. The second-order valence-electron chi connectivity index (χ2n) is 5.02. The zero-order valence-corrected chi connectivity index (χ0v) is 12.0. The van der Waals surface area contributed by atoms with Crippen molar-refractivity contribution in [2.24, 2.45) is 5.92 Å². The Morgan fingerprint density at radius 3 is 2.94 bits per heavy atom. The summed E-state index contributed by atoms with van der Waals surface area (Å²) in [7, 11) is 0. The lowest BCUT2D eigenvalue weighted by atomic mass is 10.1. The zero-order valence-electron chi connectivity index (χ0n) is 11.2. The lowest BCUT2D eigenvalue weighted by Gasteiger charge is -2.17. The quantitative estimate of drug-likeness (QED) is 0.574. The van der Waals surface area contributed by atoms with Crippen molar-refractivity contribution >= 4 is 17.4 Å². The van der Waals surface area contributed by atoms with Crippen LogP contribution in [0.3, 0.4) is 0 Å². The van der Waals surface area contributed by atoms with Crippen molar-refractivity contribution in [2.45, 2.75) is 43.5 Å². The molecule has 0 bridgehead atoms. The minimum atomic E-state index is 0.667. The summed E-state index contributed by atoms with van der Waals surface area (Å²) < 4.78 is 0. The van der Waals surface area contributed by atoms with Crippen molar-refractivity contribution in [2.75, 3.05) is 11.1 Å². The van der Waals surface area contributed by atoms with Crippen LogP contribution in [0.25, 0.3) is 0 Å². The van der Waals surface area contributed by atoms with E-state index in [-0.39, 0.29) is 0 Å². The Morgan fingerprint density at radius 2 is 2.22 bits per heavy atom. The van der Waals surface area contributed by atoms with E-state index in [1.807, 2.05) is 17.8 Å². The van der Waals surface area contributed by atoms with Crippen LogP contribution in [0.4, 0.5) is 5.69 Å². The SMILES string of the molecule is C=CCSc1ccccc1NC1CCC(CC)C1. The lowest BCUT2D eigenvalue weighted by molar-refractivity contribution is 0.525. The average molecular weight is 261 g/mol. The maximum absolute atomic E-state index is 3.79. The highest BCUT2D eigenvalue weighted by atomic mass is 32.2. The van der Waals surface area contributed by atoms with E-state index in [0.717, 1.165) is 11.7 Å². The monoisotopic (exact) mass is 261 g/mol. The van der Waals surface area contributed by atoms with Gasteiger partial charge in [0.1, 0.15) is 0 Å². The molecule has 1 saturated carbocycles. The van der Waals surface area contributed by atoms with Crippen LogP contribution < -0.4 is 5.32 Å². The molecule has 2 atom stereocenters. The number of rotatable bonds is 6. The van der Waals surface area contributed by atoms with E-state index >= 15 is 0 Å². The Balaban J connectivity index is 1.98. The van der Waals surface area contributed by atoms with Gasteiger partial charge in [-0.05, 0) is 37.3 Å². The van der Waals surface area contributed by atoms with Gasteiger partial charge in [0.05, 0.1) is 0 Å². The second kappa shape index (κ2) is 6.89. The minimum Gasteiger partial charge on any atom is -0.381 e. The Kier molecular flexibility index (Phi) is 5.18. The first-order chi connectivity index (χ1) is 8.83. The molecule has 1 aliphatic carbocycles. The number of anilines is 1. The van der Waals surface area contributed by atoms with Crippen molar-refractivity contribution in [1.82, 2.24) is 0 Å². The molecule has 18 heavy (non-hydrogen) atoms. The molecule has 0 heterocycles. The molecule has 0 aromatic heterocycles.